The summed E-state index contributed by atoms with van der Waals surface area (Å²) < 4.78 is 11.8. The third kappa shape index (κ3) is 4.76. The number of rotatable bonds is 6. The number of ether oxygens (including phenoxy) is 2. The first-order valence-corrected chi connectivity index (χ1v) is 9.81. The topological polar surface area (TPSA) is 21.7 Å². The van der Waals surface area contributed by atoms with Gasteiger partial charge in [0.25, 0.3) is 0 Å². The SMILES string of the molecule is CCOc1cc(C(=S)N2CCC(C)CC2)ccc1OCc1ccccc1. The van der Waals surface area contributed by atoms with Crippen LogP contribution in [0.25, 0.3) is 0 Å². The Morgan fingerprint density at radius 1 is 1.04 bits per heavy atom. The Morgan fingerprint density at radius 2 is 1.77 bits per heavy atom. The number of hydrogen-bond acceptors (Lipinski definition) is 3. The second kappa shape index (κ2) is 9.04. The molecule has 26 heavy (non-hydrogen) atoms. The summed E-state index contributed by atoms with van der Waals surface area (Å²) in [6, 6.07) is 16.2. The van der Waals surface area contributed by atoms with E-state index in [-0.39, 0.29) is 0 Å². The van der Waals surface area contributed by atoms with Crippen LogP contribution in [0.3, 0.4) is 0 Å². The molecule has 1 saturated heterocycles. The number of thiocarbonyl (C=S) groups is 1. The van der Waals surface area contributed by atoms with Crippen LogP contribution in [-0.4, -0.2) is 29.6 Å². The minimum Gasteiger partial charge on any atom is -0.490 e. The number of benzene rings is 2. The molecule has 1 heterocycles. The molecular formula is C22H27NO2S. The first kappa shape index (κ1) is 18.7. The van der Waals surface area contributed by atoms with Gasteiger partial charge in [-0.05, 0) is 49.4 Å². The van der Waals surface area contributed by atoms with Crippen LogP contribution in [0.1, 0.15) is 37.8 Å². The summed E-state index contributed by atoms with van der Waals surface area (Å²) in [4.78, 5) is 3.22. The quantitative estimate of drug-likeness (QED) is 0.663. The van der Waals surface area contributed by atoms with Crippen molar-refractivity contribution in [2.75, 3.05) is 19.7 Å². The Morgan fingerprint density at radius 3 is 2.46 bits per heavy atom. The van der Waals surface area contributed by atoms with E-state index in [0.717, 1.165) is 46.6 Å². The van der Waals surface area contributed by atoms with Gasteiger partial charge in [0.2, 0.25) is 0 Å². The summed E-state index contributed by atoms with van der Waals surface area (Å²) in [6.07, 6.45) is 2.41. The van der Waals surface area contributed by atoms with Gasteiger partial charge in [0.1, 0.15) is 11.6 Å². The van der Waals surface area contributed by atoms with Gasteiger partial charge in [0.05, 0.1) is 6.61 Å². The highest BCUT2D eigenvalue weighted by Gasteiger charge is 2.20. The molecule has 0 atom stereocenters. The van der Waals surface area contributed by atoms with Crippen LogP contribution in [0.2, 0.25) is 0 Å². The Kier molecular flexibility index (Phi) is 6.51. The Labute approximate surface area is 161 Å². The van der Waals surface area contributed by atoms with Crippen molar-refractivity contribution in [2.24, 2.45) is 5.92 Å². The predicted octanol–water partition coefficient (Wildman–Crippen LogP) is 5.07. The lowest BCUT2D eigenvalue weighted by Gasteiger charge is -2.32. The Hall–Kier alpha value is -2.07. The van der Waals surface area contributed by atoms with Crippen LogP contribution in [0.4, 0.5) is 0 Å². The zero-order valence-electron chi connectivity index (χ0n) is 15.6. The van der Waals surface area contributed by atoms with E-state index in [4.69, 9.17) is 21.7 Å². The van der Waals surface area contributed by atoms with Gasteiger partial charge >= 0.3 is 0 Å². The van der Waals surface area contributed by atoms with Gasteiger partial charge in [-0.3, -0.25) is 0 Å². The standard InChI is InChI=1S/C22H27NO2S/c1-3-24-21-15-19(22(26)23-13-11-17(2)12-14-23)9-10-20(21)25-16-18-7-5-4-6-8-18/h4-10,15,17H,3,11-14,16H2,1-2H3. The van der Waals surface area contributed by atoms with Crippen molar-refractivity contribution in [1.82, 2.24) is 4.90 Å². The highest BCUT2D eigenvalue weighted by Crippen LogP contribution is 2.30. The van der Waals surface area contributed by atoms with Crippen molar-refractivity contribution in [2.45, 2.75) is 33.3 Å². The van der Waals surface area contributed by atoms with Crippen molar-refractivity contribution in [3.05, 3.63) is 59.7 Å². The molecule has 138 valence electrons. The van der Waals surface area contributed by atoms with Crippen molar-refractivity contribution >= 4 is 17.2 Å². The van der Waals surface area contributed by atoms with E-state index in [1.165, 1.54) is 12.8 Å². The van der Waals surface area contributed by atoms with E-state index in [9.17, 15) is 0 Å². The molecule has 0 aromatic heterocycles. The average Bonchev–Trinajstić information content (AvgIpc) is 2.68. The zero-order chi connectivity index (χ0) is 18.4. The van der Waals surface area contributed by atoms with Crippen LogP contribution >= 0.6 is 12.2 Å². The number of likely N-dealkylation sites (tertiary alicyclic amines) is 1. The van der Waals surface area contributed by atoms with Gasteiger partial charge in [-0.1, -0.05) is 49.5 Å². The lowest BCUT2D eigenvalue weighted by Crippen LogP contribution is -2.37. The third-order valence-corrected chi connectivity index (χ3v) is 5.29. The molecule has 0 N–H and O–H groups in total. The molecule has 0 unspecified atom stereocenters. The maximum atomic E-state index is 5.99. The van der Waals surface area contributed by atoms with E-state index in [1.807, 2.05) is 43.3 Å². The highest BCUT2D eigenvalue weighted by atomic mass is 32.1. The summed E-state index contributed by atoms with van der Waals surface area (Å²) >= 11 is 5.74. The Balaban J connectivity index is 1.72. The van der Waals surface area contributed by atoms with Gasteiger partial charge in [0, 0.05) is 18.7 Å². The number of nitrogens with zero attached hydrogens (tertiary/aromatic N) is 1. The van der Waals surface area contributed by atoms with Gasteiger partial charge in [-0.25, -0.2) is 0 Å². The largest absolute Gasteiger partial charge is 0.490 e. The lowest BCUT2D eigenvalue weighted by atomic mass is 9.99. The molecule has 4 heteroatoms. The molecule has 1 fully saturated rings. The first-order valence-electron chi connectivity index (χ1n) is 9.40. The second-order valence-corrected chi connectivity index (χ2v) is 7.23. The first-order chi connectivity index (χ1) is 12.7. The van der Waals surface area contributed by atoms with Gasteiger partial charge in [0.15, 0.2) is 11.5 Å². The molecule has 0 aliphatic carbocycles. The van der Waals surface area contributed by atoms with Crippen LogP contribution in [0.5, 0.6) is 11.5 Å². The molecule has 1 aliphatic heterocycles. The molecule has 3 nitrogen and oxygen atoms in total. The van der Waals surface area contributed by atoms with Crippen LogP contribution in [0.15, 0.2) is 48.5 Å². The smallest absolute Gasteiger partial charge is 0.161 e. The van der Waals surface area contributed by atoms with E-state index in [1.54, 1.807) is 0 Å². The predicted molar refractivity (Wildman–Crippen MR) is 110 cm³/mol. The molecule has 0 bridgehead atoms. The molecule has 0 saturated carbocycles. The summed E-state index contributed by atoms with van der Waals surface area (Å²) in [5.41, 5.74) is 2.17. The van der Waals surface area contributed by atoms with Crippen molar-refractivity contribution in [3.8, 4) is 11.5 Å². The van der Waals surface area contributed by atoms with Crippen molar-refractivity contribution in [1.29, 1.82) is 0 Å². The molecular weight excluding hydrogens is 342 g/mol. The van der Waals surface area contributed by atoms with Crippen LogP contribution in [0, 0.1) is 5.92 Å². The van der Waals surface area contributed by atoms with E-state index in [0.29, 0.717) is 13.2 Å². The average molecular weight is 370 g/mol. The maximum absolute atomic E-state index is 5.99. The molecule has 0 amide bonds. The number of piperidine rings is 1. The fourth-order valence-corrected chi connectivity index (χ4v) is 3.47. The molecule has 0 radical (unpaired) electrons. The van der Waals surface area contributed by atoms with Gasteiger partial charge in [-0.2, -0.15) is 0 Å². The van der Waals surface area contributed by atoms with Crippen LogP contribution < -0.4 is 9.47 Å². The molecule has 1 aliphatic rings. The molecule has 2 aromatic rings. The Bertz CT molecular complexity index is 724. The summed E-state index contributed by atoms with van der Waals surface area (Å²) in [5, 5.41) is 0. The van der Waals surface area contributed by atoms with Gasteiger partial charge in [-0.15, -0.1) is 0 Å². The zero-order valence-corrected chi connectivity index (χ0v) is 16.4. The van der Waals surface area contributed by atoms with Crippen molar-refractivity contribution < 1.29 is 9.47 Å². The van der Waals surface area contributed by atoms with E-state index < -0.39 is 0 Å². The summed E-state index contributed by atoms with van der Waals surface area (Å²) in [6.45, 7) is 7.49. The monoisotopic (exact) mass is 369 g/mol. The highest BCUT2D eigenvalue weighted by molar-refractivity contribution is 7.80. The normalized spacial score (nSPS) is 14.9. The third-order valence-electron chi connectivity index (χ3n) is 4.80. The van der Waals surface area contributed by atoms with E-state index >= 15 is 0 Å². The van der Waals surface area contributed by atoms with E-state index in [2.05, 4.69) is 24.0 Å². The van der Waals surface area contributed by atoms with Gasteiger partial charge < -0.3 is 14.4 Å². The fourth-order valence-electron chi connectivity index (χ4n) is 3.16. The van der Waals surface area contributed by atoms with Crippen LogP contribution in [-0.2, 0) is 6.61 Å². The lowest BCUT2D eigenvalue weighted by molar-refractivity contribution is 0.269. The fraction of sp³-hybridized carbons (Fsp3) is 0.409. The minimum atomic E-state index is 0.523. The molecule has 0 spiro atoms. The maximum Gasteiger partial charge on any atom is 0.161 e. The number of hydrogen-bond donors (Lipinski definition) is 0. The second-order valence-electron chi connectivity index (χ2n) is 6.84. The molecule has 2 aromatic carbocycles. The molecule has 3 rings (SSSR count). The summed E-state index contributed by atoms with van der Waals surface area (Å²) in [7, 11) is 0. The van der Waals surface area contributed by atoms with Crippen molar-refractivity contribution in [3.63, 3.8) is 0 Å². The summed E-state index contributed by atoms with van der Waals surface area (Å²) in [5.74, 6) is 2.31. The minimum absolute atomic E-state index is 0.523.